The number of hydrogen-bond donors (Lipinski definition) is 1. The molecule has 1 aromatic rings. The summed E-state index contributed by atoms with van der Waals surface area (Å²) in [6.07, 6.45) is 8.25. The predicted octanol–water partition coefficient (Wildman–Crippen LogP) is 4.45. The first-order valence-electron chi connectivity index (χ1n) is 11.3. The highest BCUT2D eigenvalue weighted by Gasteiger charge is 2.55. The summed E-state index contributed by atoms with van der Waals surface area (Å²) in [6.45, 7) is -0.198. The van der Waals surface area contributed by atoms with E-state index in [0.717, 1.165) is 24.8 Å². The van der Waals surface area contributed by atoms with Gasteiger partial charge in [0.2, 0.25) is 5.91 Å². The van der Waals surface area contributed by atoms with Gasteiger partial charge in [0.1, 0.15) is 5.75 Å². The van der Waals surface area contributed by atoms with Crippen molar-refractivity contribution in [2.75, 3.05) is 13.7 Å². The predicted molar refractivity (Wildman–Crippen MR) is 135 cm³/mol. The molecule has 0 atom stereocenters. The molecular weight excluding hydrogens is 540 g/mol. The SMILES string of the molecule is COC(=O)COc1ccc(/C=C2/SC(=S)N(NC(=O)C34CC5CC(CC(C5)C3)C4)C2=O)cc1Br. The van der Waals surface area contributed by atoms with Gasteiger partial charge in [0.15, 0.2) is 10.9 Å². The fourth-order valence-electron chi connectivity index (χ4n) is 6.24. The van der Waals surface area contributed by atoms with Gasteiger partial charge in [0.05, 0.1) is 21.9 Å². The quantitative estimate of drug-likeness (QED) is 0.310. The van der Waals surface area contributed by atoms with Crippen LogP contribution in [0, 0.1) is 23.2 Å². The molecule has 2 amide bonds. The molecule has 10 heteroatoms. The van der Waals surface area contributed by atoms with Crippen LogP contribution < -0.4 is 10.2 Å². The minimum absolute atomic E-state index is 0.0565. The van der Waals surface area contributed by atoms with Gasteiger partial charge < -0.3 is 9.47 Å². The molecule has 0 aromatic heterocycles. The van der Waals surface area contributed by atoms with Crippen LogP contribution in [0.15, 0.2) is 27.6 Å². The Morgan fingerprint density at radius 1 is 1.24 bits per heavy atom. The molecule has 0 radical (unpaired) electrons. The average Bonchev–Trinajstić information content (AvgIpc) is 3.04. The molecule has 1 saturated heterocycles. The summed E-state index contributed by atoms with van der Waals surface area (Å²) in [6, 6.07) is 5.26. The topological polar surface area (TPSA) is 84.9 Å². The van der Waals surface area contributed by atoms with Crippen molar-refractivity contribution in [1.29, 1.82) is 0 Å². The van der Waals surface area contributed by atoms with Crippen LogP contribution in [0.1, 0.15) is 44.1 Å². The molecule has 0 unspecified atom stereocenters. The molecule has 0 spiro atoms. The number of esters is 1. The highest BCUT2D eigenvalue weighted by molar-refractivity contribution is 9.10. The minimum Gasteiger partial charge on any atom is -0.481 e. The summed E-state index contributed by atoms with van der Waals surface area (Å²) < 4.78 is 11.0. The number of carbonyl (C=O) groups is 3. The highest BCUT2D eigenvalue weighted by Crippen LogP contribution is 2.60. The third-order valence-corrected chi connectivity index (χ3v) is 9.28. The number of benzene rings is 1. The zero-order chi connectivity index (χ0) is 24.0. The maximum absolute atomic E-state index is 13.4. The molecular formula is C24H25BrN2O5S2. The molecule has 1 N–H and O–H groups in total. The third kappa shape index (κ3) is 4.52. The number of thiocarbonyl (C=S) groups is 1. The lowest BCUT2D eigenvalue weighted by Crippen LogP contribution is -2.57. The van der Waals surface area contributed by atoms with Gasteiger partial charge in [0, 0.05) is 0 Å². The first-order chi connectivity index (χ1) is 16.3. The average molecular weight is 566 g/mol. The lowest BCUT2D eigenvalue weighted by molar-refractivity contribution is -0.152. The van der Waals surface area contributed by atoms with E-state index in [1.165, 1.54) is 43.1 Å². The monoisotopic (exact) mass is 564 g/mol. The summed E-state index contributed by atoms with van der Waals surface area (Å²) in [5, 5.41) is 1.23. The van der Waals surface area contributed by atoms with Crippen LogP contribution >= 0.6 is 39.9 Å². The van der Waals surface area contributed by atoms with E-state index in [2.05, 4.69) is 26.1 Å². The van der Waals surface area contributed by atoms with E-state index in [4.69, 9.17) is 17.0 Å². The van der Waals surface area contributed by atoms with Crippen molar-refractivity contribution >= 4 is 68.1 Å². The number of thioether (sulfide) groups is 1. The van der Waals surface area contributed by atoms with Crippen LogP contribution in [-0.2, 0) is 19.1 Å². The number of rotatable bonds is 6. The first-order valence-corrected chi connectivity index (χ1v) is 13.4. The van der Waals surface area contributed by atoms with E-state index in [1.54, 1.807) is 24.3 Å². The number of carbonyl (C=O) groups excluding carboxylic acids is 3. The Bertz CT molecular complexity index is 1070. The number of nitrogens with zero attached hydrogens (tertiary/aromatic N) is 1. The molecule has 5 aliphatic rings. The number of ether oxygens (including phenoxy) is 2. The zero-order valence-electron chi connectivity index (χ0n) is 18.7. The molecule has 4 bridgehead atoms. The Labute approximate surface area is 216 Å². The number of methoxy groups -OCH3 is 1. The van der Waals surface area contributed by atoms with E-state index in [-0.39, 0.29) is 23.8 Å². The van der Waals surface area contributed by atoms with Gasteiger partial charge in [-0.25, -0.2) is 4.79 Å². The van der Waals surface area contributed by atoms with Crippen LogP contribution in [0.5, 0.6) is 5.75 Å². The fraction of sp³-hybridized carbons (Fsp3) is 0.500. The van der Waals surface area contributed by atoms with Gasteiger partial charge in [-0.05, 0) is 108 Å². The van der Waals surface area contributed by atoms with Gasteiger partial charge in [0.25, 0.3) is 5.91 Å². The molecule has 5 fully saturated rings. The van der Waals surface area contributed by atoms with Crippen LogP contribution in [0.25, 0.3) is 6.08 Å². The first kappa shape index (κ1) is 23.8. The Balaban J connectivity index is 1.27. The summed E-state index contributed by atoms with van der Waals surface area (Å²) in [5.74, 6) is 1.55. The van der Waals surface area contributed by atoms with E-state index in [0.29, 0.717) is 37.2 Å². The van der Waals surface area contributed by atoms with Gasteiger partial charge in [-0.3, -0.25) is 15.0 Å². The number of hydrogen-bond acceptors (Lipinski definition) is 7. The van der Waals surface area contributed by atoms with Crippen molar-refractivity contribution in [3.8, 4) is 5.75 Å². The standard InChI is InChI=1S/C24H25BrN2O5S2/c1-31-20(28)12-32-18-3-2-13(7-17(18)25)8-19-21(29)27(23(33)34-19)26-22(30)24-9-14-4-15(10-24)6-16(5-14)11-24/h2-3,7-8,14-16H,4-6,9-12H2,1H3,(H,26,30)/b19-8+. The molecule has 6 rings (SSSR count). The summed E-state index contributed by atoms with van der Waals surface area (Å²) >= 11 is 10.0. The van der Waals surface area contributed by atoms with Crippen LogP contribution in [-0.4, -0.2) is 40.8 Å². The molecule has 1 aromatic carbocycles. The molecule has 34 heavy (non-hydrogen) atoms. The van der Waals surface area contributed by atoms with E-state index < -0.39 is 5.97 Å². The van der Waals surface area contributed by atoms with Crippen molar-refractivity contribution in [2.24, 2.45) is 23.2 Å². The van der Waals surface area contributed by atoms with E-state index in [9.17, 15) is 14.4 Å². The van der Waals surface area contributed by atoms with Crippen molar-refractivity contribution in [3.05, 3.63) is 33.1 Å². The third-order valence-electron chi connectivity index (χ3n) is 7.35. The van der Waals surface area contributed by atoms with Gasteiger partial charge in [-0.1, -0.05) is 17.8 Å². The Kier molecular flexibility index (Phi) is 6.50. The molecule has 1 aliphatic heterocycles. The van der Waals surface area contributed by atoms with Crippen LogP contribution in [0.2, 0.25) is 0 Å². The molecule has 1 heterocycles. The summed E-state index contributed by atoms with van der Waals surface area (Å²) in [4.78, 5) is 38.2. The van der Waals surface area contributed by atoms with Gasteiger partial charge in [-0.2, -0.15) is 5.01 Å². The Morgan fingerprint density at radius 2 is 1.88 bits per heavy atom. The van der Waals surface area contributed by atoms with Crippen molar-refractivity contribution in [2.45, 2.75) is 38.5 Å². The minimum atomic E-state index is -0.477. The maximum Gasteiger partial charge on any atom is 0.343 e. The molecule has 4 saturated carbocycles. The Morgan fingerprint density at radius 3 is 2.47 bits per heavy atom. The van der Waals surface area contributed by atoms with Gasteiger partial charge >= 0.3 is 5.97 Å². The van der Waals surface area contributed by atoms with Crippen molar-refractivity contribution < 1.29 is 23.9 Å². The summed E-state index contributed by atoms with van der Waals surface area (Å²) in [7, 11) is 1.30. The van der Waals surface area contributed by atoms with Crippen molar-refractivity contribution in [1.82, 2.24) is 10.4 Å². The molecule has 7 nitrogen and oxygen atoms in total. The lowest BCUT2D eigenvalue weighted by atomic mass is 9.49. The van der Waals surface area contributed by atoms with E-state index in [1.807, 2.05) is 0 Å². The number of amides is 2. The largest absolute Gasteiger partial charge is 0.481 e. The molecule has 180 valence electrons. The maximum atomic E-state index is 13.4. The Hall–Kier alpha value is -1.91. The number of hydrazine groups is 1. The fourth-order valence-corrected chi connectivity index (χ4v) is 7.93. The van der Waals surface area contributed by atoms with Crippen LogP contribution in [0.3, 0.4) is 0 Å². The number of nitrogens with one attached hydrogen (secondary N) is 1. The summed E-state index contributed by atoms with van der Waals surface area (Å²) in [5.41, 5.74) is 3.27. The molecule has 4 aliphatic carbocycles. The smallest absolute Gasteiger partial charge is 0.343 e. The normalized spacial score (nSPS) is 30.7. The zero-order valence-corrected chi connectivity index (χ0v) is 21.9. The van der Waals surface area contributed by atoms with Gasteiger partial charge in [-0.15, -0.1) is 0 Å². The van der Waals surface area contributed by atoms with E-state index >= 15 is 0 Å². The number of halogens is 1. The second-order valence-electron chi connectivity index (χ2n) is 9.71. The highest BCUT2D eigenvalue weighted by atomic mass is 79.9. The lowest BCUT2D eigenvalue weighted by Gasteiger charge is -2.55. The second kappa shape index (κ2) is 9.28. The van der Waals surface area contributed by atoms with Crippen molar-refractivity contribution in [3.63, 3.8) is 0 Å². The van der Waals surface area contributed by atoms with Crippen LogP contribution in [0.4, 0.5) is 0 Å². The second-order valence-corrected chi connectivity index (χ2v) is 12.2.